The van der Waals surface area contributed by atoms with Gasteiger partial charge >= 0.3 is 0 Å². The van der Waals surface area contributed by atoms with Crippen LogP contribution < -0.4 is 10.5 Å². The molecule has 2 N–H and O–H groups in total. The van der Waals surface area contributed by atoms with Gasteiger partial charge in [-0.05, 0) is 18.9 Å². The molecule has 0 unspecified atom stereocenters. The minimum absolute atomic E-state index is 0. The van der Waals surface area contributed by atoms with E-state index in [0.717, 1.165) is 18.4 Å². The molecule has 0 aromatic carbocycles. The van der Waals surface area contributed by atoms with Crippen molar-refractivity contribution in [2.75, 3.05) is 13.2 Å². The zero-order chi connectivity index (χ0) is 14.1. The van der Waals surface area contributed by atoms with Gasteiger partial charge in [0.1, 0.15) is 18.1 Å². The Bertz CT molecular complexity index is 575. The van der Waals surface area contributed by atoms with Gasteiger partial charge < -0.3 is 15.4 Å². The first-order valence-electron chi connectivity index (χ1n) is 6.64. The van der Waals surface area contributed by atoms with Crippen LogP contribution in [-0.2, 0) is 6.54 Å². The summed E-state index contributed by atoms with van der Waals surface area (Å²) >= 11 is 0. The van der Waals surface area contributed by atoms with Gasteiger partial charge in [0.2, 0.25) is 0 Å². The van der Waals surface area contributed by atoms with Crippen molar-refractivity contribution >= 4 is 18.3 Å². The van der Waals surface area contributed by atoms with Gasteiger partial charge in [-0.1, -0.05) is 0 Å². The molecule has 0 spiro atoms. The minimum atomic E-state index is 0. The fourth-order valence-electron chi connectivity index (χ4n) is 2.26. The third kappa shape index (κ3) is 3.16. The van der Waals surface area contributed by atoms with Crippen LogP contribution in [0.3, 0.4) is 0 Å². The van der Waals surface area contributed by atoms with E-state index in [4.69, 9.17) is 10.5 Å². The second-order valence-corrected chi connectivity index (χ2v) is 5.10. The van der Waals surface area contributed by atoms with Crippen LogP contribution in [0.1, 0.15) is 28.9 Å². The zero-order valence-electron chi connectivity index (χ0n) is 11.4. The number of halogens is 2. The molecule has 1 amide bonds. The maximum Gasteiger partial charge on any atom is 0.273 e. The molecule has 2 heterocycles. The summed E-state index contributed by atoms with van der Waals surface area (Å²) in [4.78, 5) is 18.1. The molecule has 1 aliphatic heterocycles. The highest BCUT2D eigenvalue weighted by atomic mass is 35.5. The van der Waals surface area contributed by atoms with E-state index in [9.17, 15) is 9.18 Å². The number of hydrogen-bond acceptors (Lipinski definition) is 4. The number of carbonyl (C=O) groups is 1. The van der Waals surface area contributed by atoms with Crippen LogP contribution in [0.25, 0.3) is 0 Å². The molecular weight excluding hydrogens is 297 g/mol. The second kappa shape index (κ2) is 6.41. The molecule has 1 aromatic heterocycles. The highest BCUT2D eigenvalue weighted by Gasteiger charge is 2.39. The van der Waals surface area contributed by atoms with Crippen LogP contribution in [0.4, 0.5) is 4.39 Å². The number of nitrogens with zero attached hydrogens (tertiary/aromatic N) is 2. The van der Waals surface area contributed by atoms with Crippen molar-refractivity contribution in [2.24, 2.45) is 5.73 Å². The number of amides is 1. The molecule has 0 atom stereocenters. The number of pyridine rings is 1. The molecule has 0 saturated heterocycles. The summed E-state index contributed by atoms with van der Waals surface area (Å²) in [7, 11) is 0. The standard InChI is InChI=1S/C14H16FN3O2.ClH/c15-4-9(5-16)8-20-12-3-10-7-18(11-1-2-11)14(19)13(10)17-6-12;/h3-4,6,11H,1-2,5,7-8,16H2;1H/b9-4+;. The fraction of sp³-hybridized carbons (Fsp3) is 0.429. The predicted octanol–water partition coefficient (Wildman–Crippen LogP) is 1.81. The van der Waals surface area contributed by atoms with Crippen molar-refractivity contribution in [2.45, 2.75) is 25.4 Å². The third-order valence-corrected chi connectivity index (χ3v) is 3.57. The first kappa shape index (κ1) is 15.7. The lowest BCUT2D eigenvalue weighted by Crippen LogP contribution is -2.26. The first-order valence-corrected chi connectivity index (χ1v) is 6.64. The number of nitrogens with two attached hydrogens (primary N) is 1. The maximum atomic E-state index is 12.4. The molecule has 114 valence electrons. The van der Waals surface area contributed by atoms with E-state index in [0.29, 0.717) is 35.9 Å². The quantitative estimate of drug-likeness (QED) is 0.900. The summed E-state index contributed by atoms with van der Waals surface area (Å²) in [6, 6.07) is 2.18. The Balaban J connectivity index is 0.00000161. The molecular formula is C14H17ClFN3O2. The van der Waals surface area contributed by atoms with Crippen molar-refractivity contribution in [3.63, 3.8) is 0 Å². The van der Waals surface area contributed by atoms with E-state index < -0.39 is 0 Å². The second-order valence-electron chi connectivity index (χ2n) is 5.10. The molecule has 2 aliphatic rings. The van der Waals surface area contributed by atoms with Crippen LogP contribution in [-0.4, -0.2) is 35.0 Å². The number of aromatic nitrogens is 1. The Kier molecular flexibility index (Phi) is 4.80. The molecule has 1 saturated carbocycles. The Labute approximate surface area is 128 Å². The molecule has 1 aliphatic carbocycles. The van der Waals surface area contributed by atoms with Crippen molar-refractivity contribution in [3.8, 4) is 5.75 Å². The predicted molar refractivity (Wildman–Crippen MR) is 78.1 cm³/mol. The SMILES string of the molecule is Cl.NC/C(=C\F)COc1cnc2c(c1)CN(C1CC1)C2=O. The molecule has 1 fully saturated rings. The van der Waals surface area contributed by atoms with Gasteiger partial charge in [-0.3, -0.25) is 4.79 Å². The number of ether oxygens (including phenoxy) is 1. The van der Waals surface area contributed by atoms with Crippen LogP contribution >= 0.6 is 12.4 Å². The number of hydrogen-bond donors (Lipinski definition) is 1. The van der Waals surface area contributed by atoms with E-state index in [1.165, 1.54) is 6.20 Å². The summed E-state index contributed by atoms with van der Waals surface area (Å²) in [6.45, 7) is 0.794. The van der Waals surface area contributed by atoms with Crippen LogP contribution in [0.15, 0.2) is 24.2 Å². The Hall–Kier alpha value is -1.66. The normalized spacial score (nSPS) is 17.5. The smallest absolute Gasteiger partial charge is 0.273 e. The van der Waals surface area contributed by atoms with E-state index in [-0.39, 0.29) is 31.5 Å². The van der Waals surface area contributed by atoms with E-state index in [1.54, 1.807) is 6.07 Å². The Morgan fingerprint density at radius 2 is 2.33 bits per heavy atom. The third-order valence-electron chi connectivity index (χ3n) is 3.57. The lowest BCUT2D eigenvalue weighted by atomic mass is 10.2. The summed E-state index contributed by atoms with van der Waals surface area (Å²) in [6.07, 6.45) is 4.10. The molecule has 3 rings (SSSR count). The van der Waals surface area contributed by atoms with Crippen LogP contribution in [0.5, 0.6) is 5.75 Å². The lowest BCUT2D eigenvalue weighted by Gasteiger charge is -2.12. The molecule has 21 heavy (non-hydrogen) atoms. The maximum absolute atomic E-state index is 12.4. The van der Waals surface area contributed by atoms with Gasteiger partial charge in [0, 0.05) is 30.3 Å². The number of rotatable bonds is 5. The highest BCUT2D eigenvalue weighted by molar-refractivity contribution is 5.96. The van der Waals surface area contributed by atoms with E-state index >= 15 is 0 Å². The first-order chi connectivity index (χ1) is 9.72. The Morgan fingerprint density at radius 3 is 2.95 bits per heavy atom. The average Bonchev–Trinajstić information content (AvgIpc) is 3.25. The van der Waals surface area contributed by atoms with E-state index in [1.807, 2.05) is 4.90 Å². The highest BCUT2D eigenvalue weighted by Crippen LogP contribution is 2.34. The minimum Gasteiger partial charge on any atom is -0.487 e. The number of fused-ring (bicyclic) bond motifs is 1. The van der Waals surface area contributed by atoms with Gasteiger partial charge in [-0.2, -0.15) is 0 Å². The molecule has 0 radical (unpaired) electrons. The van der Waals surface area contributed by atoms with Crippen molar-refractivity contribution in [1.82, 2.24) is 9.88 Å². The molecule has 5 nitrogen and oxygen atoms in total. The van der Waals surface area contributed by atoms with Crippen molar-refractivity contribution < 1.29 is 13.9 Å². The van der Waals surface area contributed by atoms with Gasteiger partial charge in [0.05, 0.1) is 12.5 Å². The topological polar surface area (TPSA) is 68.5 Å². The summed E-state index contributed by atoms with van der Waals surface area (Å²) in [5.41, 5.74) is 7.11. The van der Waals surface area contributed by atoms with E-state index in [2.05, 4.69) is 4.98 Å². The van der Waals surface area contributed by atoms with Crippen LogP contribution in [0.2, 0.25) is 0 Å². The van der Waals surface area contributed by atoms with Crippen molar-refractivity contribution in [3.05, 3.63) is 35.4 Å². The molecule has 7 heteroatoms. The molecule has 0 bridgehead atoms. The van der Waals surface area contributed by atoms with Gasteiger partial charge in [0.25, 0.3) is 5.91 Å². The largest absolute Gasteiger partial charge is 0.487 e. The fourth-order valence-corrected chi connectivity index (χ4v) is 2.26. The van der Waals surface area contributed by atoms with Crippen molar-refractivity contribution in [1.29, 1.82) is 0 Å². The summed E-state index contributed by atoms with van der Waals surface area (Å²) < 4.78 is 17.8. The van der Waals surface area contributed by atoms with Gasteiger partial charge in [-0.15, -0.1) is 12.4 Å². The molecule has 1 aromatic rings. The lowest BCUT2D eigenvalue weighted by molar-refractivity contribution is 0.0762. The monoisotopic (exact) mass is 313 g/mol. The van der Waals surface area contributed by atoms with Crippen LogP contribution in [0, 0.1) is 0 Å². The van der Waals surface area contributed by atoms with Gasteiger partial charge in [-0.25, -0.2) is 9.37 Å². The number of carbonyl (C=O) groups excluding carboxylic acids is 1. The average molecular weight is 314 g/mol. The Morgan fingerprint density at radius 1 is 1.57 bits per heavy atom. The summed E-state index contributed by atoms with van der Waals surface area (Å²) in [5.74, 6) is 0.530. The summed E-state index contributed by atoms with van der Waals surface area (Å²) in [5, 5.41) is 0. The zero-order valence-corrected chi connectivity index (χ0v) is 12.2. The van der Waals surface area contributed by atoms with Gasteiger partial charge in [0.15, 0.2) is 0 Å².